The molecule has 0 atom stereocenters. The van der Waals surface area contributed by atoms with Gasteiger partial charge in [0, 0.05) is 29.1 Å². The number of nitrogen functional groups attached to an aromatic ring is 1. The number of esters is 1. The molecule has 0 heterocycles. The van der Waals surface area contributed by atoms with Crippen LogP contribution >= 0.6 is 31.9 Å². The molecule has 0 amide bonds. The van der Waals surface area contributed by atoms with Gasteiger partial charge in [0.1, 0.15) is 0 Å². The van der Waals surface area contributed by atoms with E-state index in [9.17, 15) is 4.79 Å². The quantitative estimate of drug-likeness (QED) is 0.494. The number of benzene rings is 1. The molecule has 6 heteroatoms. The van der Waals surface area contributed by atoms with Gasteiger partial charge < -0.3 is 15.2 Å². The molecular formula is C11H13Br2NO3. The van der Waals surface area contributed by atoms with Gasteiger partial charge in [0.05, 0.1) is 17.9 Å². The van der Waals surface area contributed by atoms with Crippen LogP contribution in [-0.4, -0.2) is 26.3 Å². The Labute approximate surface area is 117 Å². The Morgan fingerprint density at radius 1 is 1.35 bits per heavy atom. The first-order valence-corrected chi connectivity index (χ1v) is 6.55. The lowest BCUT2D eigenvalue weighted by Crippen LogP contribution is -2.10. The smallest absolute Gasteiger partial charge is 0.340 e. The molecule has 0 spiro atoms. The lowest BCUT2D eigenvalue weighted by atomic mass is 10.2. The molecule has 0 saturated heterocycles. The molecule has 0 aliphatic heterocycles. The predicted molar refractivity (Wildman–Crippen MR) is 73.0 cm³/mol. The Morgan fingerprint density at radius 2 is 2.06 bits per heavy atom. The maximum atomic E-state index is 11.7. The summed E-state index contributed by atoms with van der Waals surface area (Å²) in [5.41, 5.74) is 6.52. The van der Waals surface area contributed by atoms with Gasteiger partial charge in [-0.05, 0) is 28.1 Å². The average Bonchev–Trinajstić information content (AvgIpc) is 2.29. The lowest BCUT2D eigenvalue weighted by molar-refractivity contribution is 0.0469. The van der Waals surface area contributed by atoms with Gasteiger partial charge in [0.15, 0.2) is 0 Å². The summed E-state index contributed by atoms with van der Waals surface area (Å²) in [6.45, 7) is 0.876. The minimum absolute atomic E-state index is 0.316. The van der Waals surface area contributed by atoms with E-state index >= 15 is 0 Å². The number of methoxy groups -OCH3 is 1. The monoisotopic (exact) mass is 365 g/mol. The largest absolute Gasteiger partial charge is 0.462 e. The molecule has 0 aliphatic rings. The van der Waals surface area contributed by atoms with Crippen LogP contribution in [-0.2, 0) is 9.47 Å². The van der Waals surface area contributed by atoms with Crippen LogP contribution in [0.15, 0.2) is 21.1 Å². The molecule has 0 saturated carbocycles. The molecule has 17 heavy (non-hydrogen) atoms. The van der Waals surface area contributed by atoms with Gasteiger partial charge in [-0.2, -0.15) is 0 Å². The average molecular weight is 367 g/mol. The SMILES string of the molecule is COCCCOC(=O)c1cc(Br)cc(Br)c1N. The number of hydrogen-bond acceptors (Lipinski definition) is 4. The maximum absolute atomic E-state index is 11.7. The Morgan fingerprint density at radius 3 is 2.71 bits per heavy atom. The molecule has 1 aromatic carbocycles. The van der Waals surface area contributed by atoms with Crippen LogP contribution in [0, 0.1) is 0 Å². The second kappa shape index (κ2) is 6.98. The molecule has 0 unspecified atom stereocenters. The van der Waals surface area contributed by atoms with Crippen molar-refractivity contribution in [2.24, 2.45) is 0 Å². The van der Waals surface area contributed by atoms with Crippen molar-refractivity contribution in [2.45, 2.75) is 6.42 Å². The molecule has 94 valence electrons. The molecule has 2 N–H and O–H groups in total. The highest BCUT2D eigenvalue weighted by atomic mass is 79.9. The van der Waals surface area contributed by atoms with E-state index in [0.29, 0.717) is 35.4 Å². The van der Waals surface area contributed by atoms with E-state index in [1.165, 1.54) is 0 Å². The topological polar surface area (TPSA) is 61.5 Å². The van der Waals surface area contributed by atoms with E-state index in [1.807, 2.05) is 0 Å². The first-order chi connectivity index (χ1) is 8.06. The minimum atomic E-state index is -0.430. The summed E-state index contributed by atoms with van der Waals surface area (Å²) in [6.07, 6.45) is 0.664. The first-order valence-electron chi connectivity index (χ1n) is 4.97. The third-order valence-corrected chi connectivity index (χ3v) is 3.15. The number of nitrogens with two attached hydrogens (primary N) is 1. The van der Waals surface area contributed by atoms with Crippen molar-refractivity contribution < 1.29 is 14.3 Å². The molecule has 0 aromatic heterocycles. The summed E-state index contributed by atoms with van der Waals surface area (Å²) in [4.78, 5) is 11.7. The Balaban J connectivity index is 2.69. The van der Waals surface area contributed by atoms with Crippen molar-refractivity contribution in [1.82, 2.24) is 0 Å². The van der Waals surface area contributed by atoms with E-state index in [2.05, 4.69) is 31.9 Å². The highest BCUT2D eigenvalue weighted by Gasteiger charge is 2.14. The van der Waals surface area contributed by atoms with Crippen molar-refractivity contribution in [3.8, 4) is 0 Å². The molecule has 1 aromatic rings. The van der Waals surface area contributed by atoms with Gasteiger partial charge in [0.25, 0.3) is 0 Å². The number of carbonyl (C=O) groups excluding carboxylic acids is 1. The second-order valence-electron chi connectivity index (χ2n) is 3.33. The maximum Gasteiger partial charge on any atom is 0.340 e. The predicted octanol–water partition coefficient (Wildman–Crippen LogP) is 2.99. The zero-order valence-electron chi connectivity index (χ0n) is 9.33. The number of anilines is 1. The van der Waals surface area contributed by atoms with Gasteiger partial charge in [-0.25, -0.2) is 4.79 Å². The summed E-state index contributed by atoms with van der Waals surface area (Å²) in [5.74, 6) is -0.430. The highest BCUT2D eigenvalue weighted by Crippen LogP contribution is 2.28. The third kappa shape index (κ3) is 4.29. The number of ether oxygens (including phenoxy) is 2. The van der Waals surface area contributed by atoms with Crippen LogP contribution in [0.1, 0.15) is 16.8 Å². The van der Waals surface area contributed by atoms with Gasteiger partial charge >= 0.3 is 5.97 Å². The van der Waals surface area contributed by atoms with Crippen LogP contribution in [0.2, 0.25) is 0 Å². The van der Waals surface area contributed by atoms with E-state index in [4.69, 9.17) is 15.2 Å². The number of rotatable bonds is 5. The van der Waals surface area contributed by atoms with Crippen LogP contribution in [0.25, 0.3) is 0 Å². The lowest BCUT2D eigenvalue weighted by Gasteiger charge is -2.08. The summed E-state index contributed by atoms with van der Waals surface area (Å²) in [6, 6.07) is 3.41. The summed E-state index contributed by atoms with van der Waals surface area (Å²) < 4.78 is 11.4. The van der Waals surface area contributed by atoms with Crippen molar-refractivity contribution in [3.63, 3.8) is 0 Å². The highest BCUT2D eigenvalue weighted by molar-refractivity contribution is 9.11. The van der Waals surface area contributed by atoms with Gasteiger partial charge in [-0.15, -0.1) is 0 Å². The van der Waals surface area contributed by atoms with Crippen molar-refractivity contribution in [2.75, 3.05) is 26.1 Å². The summed E-state index contributed by atoms with van der Waals surface area (Å²) in [5, 5.41) is 0. The van der Waals surface area contributed by atoms with E-state index < -0.39 is 5.97 Å². The zero-order valence-corrected chi connectivity index (χ0v) is 12.5. The summed E-state index contributed by atoms with van der Waals surface area (Å²) >= 11 is 6.57. The third-order valence-electron chi connectivity index (χ3n) is 2.04. The molecule has 0 radical (unpaired) electrons. The van der Waals surface area contributed by atoms with Crippen molar-refractivity contribution >= 4 is 43.5 Å². The second-order valence-corrected chi connectivity index (χ2v) is 5.10. The Hall–Kier alpha value is -0.590. The van der Waals surface area contributed by atoms with Gasteiger partial charge in [-0.1, -0.05) is 15.9 Å². The molecule has 0 aliphatic carbocycles. The fourth-order valence-electron chi connectivity index (χ4n) is 1.20. The molecular weight excluding hydrogens is 354 g/mol. The fourth-order valence-corrected chi connectivity index (χ4v) is 2.42. The van der Waals surface area contributed by atoms with Crippen LogP contribution in [0.4, 0.5) is 5.69 Å². The van der Waals surface area contributed by atoms with E-state index in [-0.39, 0.29) is 0 Å². The van der Waals surface area contributed by atoms with E-state index in [1.54, 1.807) is 19.2 Å². The molecule has 4 nitrogen and oxygen atoms in total. The van der Waals surface area contributed by atoms with Crippen LogP contribution < -0.4 is 5.73 Å². The first kappa shape index (κ1) is 14.5. The number of carbonyl (C=O) groups is 1. The standard InChI is InChI=1S/C11H13Br2NO3/c1-16-3-2-4-17-11(15)8-5-7(12)6-9(13)10(8)14/h5-6H,2-4,14H2,1H3. The Kier molecular flexibility index (Phi) is 5.94. The zero-order chi connectivity index (χ0) is 12.8. The minimum Gasteiger partial charge on any atom is -0.462 e. The van der Waals surface area contributed by atoms with Gasteiger partial charge in [0.2, 0.25) is 0 Å². The van der Waals surface area contributed by atoms with Crippen LogP contribution in [0.3, 0.4) is 0 Å². The van der Waals surface area contributed by atoms with E-state index in [0.717, 1.165) is 4.47 Å². The van der Waals surface area contributed by atoms with Gasteiger partial charge in [-0.3, -0.25) is 0 Å². The molecule has 0 bridgehead atoms. The number of hydrogen-bond donors (Lipinski definition) is 1. The van der Waals surface area contributed by atoms with Crippen LogP contribution in [0.5, 0.6) is 0 Å². The van der Waals surface area contributed by atoms with Crippen molar-refractivity contribution in [1.29, 1.82) is 0 Å². The molecule has 1 rings (SSSR count). The fraction of sp³-hybridized carbons (Fsp3) is 0.364. The summed E-state index contributed by atoms with van der Waals surface area (Å²) in [7, 11) is 1.60. The number of halogens is 2. The molecule has 0 fully saturated rings. The van der Waals surface area contributed by atoms with Crippen molar-refractivity contribution in [3.05, 3.63) is 26.6 Å². The Bertz CT molecular complexity index is 410. The normalized spacial score (nSPS) is 10.3.